The highest BCUT2D eigenvalue weighted by Gasteiger charge is 2.28. The summed E-state index contributed by atoms with van der Waals surface area (Å²) in [5, 5.41) is 30.9. The SMILES string of the molecule is CC(=O)N1CCC(N=C(C)N/C=C(\C)C#N)c2cc(C3=CCC=C(CC(=O)N(C)C(CO)CO)CC3)ccc21. The molecule has 3 rings (SSSR count). The minimum Gasteiger partial charge on any atom is -0.394 e. The van der Waals surface area contributed by atoms with Crippen molar-refractivity contribution >= 4 is 28.9 Å². The standard InChI is InChI=1S/C30H39N5O4/c1-20(16-31)17-32-21(2)33-28-12-13-35(22(3)38)29-11-10-25(15-27(28)29)24-7-5-6-23(8-9-24)14-30(39)34(4)26(18-36)19-37/h6-7,10-11,15,17,26,28,36-37H,5,8-9,12-14,18-19H2,1-4H3,(H,32,33)/b20-17+. The number of fused-ring (bicyclic) bond motifs is 1. The van der Waals surface area contributed by atoms with Crippen molar-refractivity contribution in [2.45, 2.75) is 65.0 Å². The van der Waals surface area contributed by atoms with Gasteiger partial charge in [0.05, 0.1) is 37.2 Å². The molecule has 0 spiro atoms. The van der Waals surface area contributed by atoms with Crippen molar-refractivity contribution in [1.29, 1.82) is 5.26 Å². The summed E-state index contributed by atoms with van der Waals surface area (Å²) in [5.74, 6) is 0.570. The van der Waals surface area contributed by atoms with E-state index < -0.39 is 6.04 Å². The number of aliphatic hydroxyl groups is 2. The fraction of sp³-hybridized carbons (Fsp3) is 0.467. The van der Waals surface area contributed by atoms with E-state index in [9.17, 15) is 19.8 Å². The summed E-state index contributed by atoms with van der Waals surface area (Å²) in [6, 6.07) is 7.54. The highest BCUT2D eigenvalue weighted by Crippen LogP contribution is 2.39. The van der Waals surface area contributed by atoms with Gasteiger partial charge >= 0.3 is 0 Å². The maximum Gasteiger partial charge on any atom is 0.226 e. The number of aliphatic imine (C=N–C) groups is 1. The predicted octanol–water partition coefficient (Wildman–Crippen LogP) is 3.62. The first-order chi connectivity index (χ1) is 18.7. The number of likely N-dealkylation sites (N-methyl/N-ethyl adjacent to an activating group) is 1. The molecule has 39 heavy (non-hydrogen) atoms. The van der Waals surface area contributed by atoms with Crippen LogP contribution in [0.15, 0.2) is 52.7 Å². The van der Waals surface area contributed by atoms with Gasteiger partial charge in [0.2, 0.25) is 11.8 Å². The topological polar surface area (TPSA) is 129 Å². The number of rotatable bonds is 8. The summed E-state index contributed by atoms with van der Waals surface area (Å²) in [4.78, 5) is 33.1. The fourth-order valence-electron chi connectivity index (χ4n) is 4.89. The van der Waals surface area contributed by atoms with Gasteiger partial charge in [-0.3, -0.25) is 14.6 Å². The zero-order valence-corrected chi connectivity index (χ0v) is 23.3. The lowest BCUT2D eigenvalue weighted by Crippen LogP contribution is -2.41. The van der Waals surface area contributed by atoms with Gasteiger partial charge in [-0.1, -0.05) is 23.8 Å². The lowest BCUT2D eigenvalue weighted by molar-refractivity contribution is -0.133. The summed E-state index contributed by atoms with van der Waals surface area (Å²) >= 11 is 0. The average molecular weight is 534 g/mol. The van der Waals surface area contributed by atoms with Gasteiger partial charge < -0.3 is 25.3 Å². The van der Waals surface area contributed by atoms with Crippen LogP contribution in [0.2, 0.25) is 0 Å². The number of hydrogen-bond acceptors (Lipinski definition) is 6. The second kappa shape index (κ2) is 13.9. The molecule has 208 valence electrons. The molecule has 1 aliphatic heterocycles. The van der Waals surface area contributed by atoms with Crippen LogP contribution in [0.1, 0.15) is 70.0 Å². The number of nitrogens with zero attached hydrogens (tertiary/aromatic N) is 4. The second-order valence-corrected chi connectivity index (χ2v) is 10.1. The third-order valence-corrected chi connectivity index (χ3v) is 7.30. The molecule has 9 heteroatoms. The molecule has 0 radical (unpaired) electrons. The monoisotopic (exact) mass is 533 g/mol. The van der Waals surface area contributed by atoms with E-state index in [0.29, 0.717) is 30.8 Å². The Balaban J connectivity index is 1.79. The summed E-state index contributed by atoms with van der Waals surface area (Å²) in [5.41, 5.74) is 5.71. The maximum absolute atomic E-state index is 12.7. The minimum atomic E-state index is -0.594. The number of nitriles is 1. The summed E-state index contributed by atoms with van der Waals surface area (Å²) in [7, 11) is 1.61. The van der Waals surface area contributed by atoms with E-state index in [0.717, 1.165) is 35.2 Å². The molecule has 1 atom stereocenters. The Morgan fingerprint density at radius 3 is 2.64 bits per heavy atom. The zero-order valence-electron chi connectivity index (χ0n) is 23.3. The van der Waals surface area contributed by atoms with E-state index in [4.69, 9.17) is 10.3 Å². The molecular weight excluding hydrogens is 494 g/mol. The Hall–Kier alpha value is -3.74. The lowest BCUT2D eigenvalue weighted by Gasteiger charge is -2.33. The van der Waals surface area contributed by atoms with Gasteiger partial charge in [-0.2, -0.15) is 5.26 Å². The molecule has 2 aliphatic rings. The van der Waals surface area contributed by atoms with Crippen molar-refractivity contribution in [3.05, 3.63) is 58.8 Å². The number of carbonyl (C=O) groups excluding carboxylic acids is 2. The van der Waals surface area contributed by atoms with Crippen LogP contribution in [0.4, 0.5) is 5.69 Å². The van der Waals surface area contributed by atoms with E-state index in [-0.39, 0.29) is 37.5 Å². The molecule has 1 aromatic rings. The van der Waals surface area contributed by atoms with Gasteiger partial charge in [-0.25, -0.2) is 0 Å². The van der Waals surface area contributed by atoms with Gasteiger partial charge in [0.15, 0.2) is 0 Å². The summed E-state index contributed by atoms with van der Waals surface area (Å²) < 4.78 is 0. The number of benzene rings is 1. The van der Waals surface area contributed by atoms with E-state index >= 15 is 0 Å². The molecule has 3 N–H and O–H groups in total. The molecule has 0 fully saturated rings. The van der Waals surface area contributed by atoms with Crippen LogP contribution in [0.25, 0.3) is 5.57 Å². The average Bonchev–Trinajstić information content (AvgIpc) is 3.17. The Labute approximate surface area is 230 Å². The summed E-state index contributed by atoms with van der Waals surface area (Å²) in [6.07, 6.45) is 9.07. The Morgan fingerprint density at radius 2 is 1.97 bits per heavy atom. The first-order valence-corrected chi connectivity index (χ1v) is 13.3. The van der Waals surface area contributed by atoms with Crippen LogP contribution in [-0.2, 0) is 9.59 Å². The van der Waals surface area contributed by atoms with Gasteiger partial charge in [-0.15, -0.1) is 0 Å². The van der Waals surface area contributed by atoms with Crippen LogP contribution in [-0.4, -0.2) is 65.6 Å². The predicted molar refractivity (Wildman–Crippen MR) is 153 cm³/mol. The molecule has 2 amide bonds. The van der Waals surface area contributed by atoms with E-state index in [2.05, 4.69) is 29.6 Å². The Bertz CT molecular complexity index is 1240. The number of allylic oxidation sites excluding steroid dienone is 4. The molecule has 0 saturated carbocycles. The van der Waals surface area contributed by atoms with Gasteiger partial charge in [0, 0.05) is 50.0 Å². The smallest absolute Gasteiger partial charge is 0.226 e. The van der Waals surface area contributed by atoms with Crippen molar-refractivity contribution in [3.63, 3.8) is 0 Å². The molecule has 1 aliphatic carbocycles. The summed E-state index contributed by atoms with van der Waals surface area (Å²) in [6.45, 7) is 5.20. The normalized spacial score (nSPS) is 18.0. The van der Waals surface area contributed by atoms with Gasteiger partial charge in [0.1, 0.15) is 0 Å². The van der Waals surface area contributed by atoms with Crippen LogP contribution in [0, 0.1) is 11.3 Å². The number of nitrogens with one attached hydrogen (secondary N) is 1. The van der Waals surface area contributed by atoms with Crippen LogP contribution in [0.3, 0.4) is 0 Å². The molecule has 1 heterocycles. The lowest BCUT2D eigenvalue weighted by atomic mass is 9.91. The highest BCUT2D eigenvalue weighted by molar-refractivity contribution is 5.93. The molecule has 0 saturated heterocycles. The van der Waals surface area contributed by atoms with E-state index in [1.54, 1.807) is 32.0 Å². The highest BCUT2D eigenvalue weighted by atomic mass is 16.3. The van der Waals surface area contributed by atoms with Crippen LogP contribution < -0.4 is 10.2 Å². The zero-order chi connectivity index (χ0) is 28.5. The fourth-order valence-corrected chi connectivity index (χ4v) is 4.89. The molecule has 9 nitrogen and oxygen atoms in total. The van der Waals surface area contributed by atoms with Crippen LogP contribution in [0.5, 0.6) is 0 Å². The van der Waals surface area contributed by atoms with E-state index in [1.165, 1.54) is 10.5 Å². The molecule has 0 bridgehead atoms. The van der Waals surface area contributed by atoms with Gasteiger partial charge in [-0.05, 0) is 62.8 Å². The number of aliphatic hydroxyl groups excluding tert-OH is 2. The molecule has 1 aromatic carbocycles. The first-order valence-electron chi connectivity index (χ1n) is 13.3. The van der Waals surface area contributed by atoms with Crippen molar-refractivity contribution in [1.82, 2.24) is 10.2 Å². The van der Waals surface area contributed by atoms with Gasteiger partial charge in [0.25, 0.3) is 0 Å². The Morgan fingerprint density at radius 1 is 1.23 bits per heavy atom. The third kappa shape index (κ3) is 7.65. The number of anilines is 1. The van der Waals surface area contributed by atoms with Crippen LogP contribution >= 0.6 is 0 Å². The van der Waals surface area contributed by atoms with Crippen molar-refractivity contribution < 1.29 is 19.8 Å². The van der Waals surface area contributed by atoms with Crippen molar-refractivity contribution in [2.75, 3.05) is 31.7 Å². The first kappa shape index (κ1) is 29.8. The largest absolute Gasteiger partial charge is 0.394 e. The Kier molecular flexibility index (Phi) is 10.6. The number of hydrogen-bond donors (Lipinski definition) is 3. The number of carbonyl (C=O) groups is 2. The molecule has 0 aromatic heterocycles. The second-order valence-electron chi connectivity index (χ2n) is 10.1. The maximum atomic E-state index is 12.7. The quantitative estimate of drug-likeness (QED) is 0.203. The van der Waals surface area contributed by atoms with E-state index in [1.807, 2.05) is 19.1 Å². The minimum absolute atomic E-state index is 0.00403. The number of amides is 2. The molecular formula is C30H39N5O4. The van der Waals surface area contributed by atoms with Crippen molar-refractivity contribution in [3.8, 4) is 6.07 Å². The number of amidine groups is 1. The third-order valence-electron chi connectivity index (χ3n) is 7.30. The molecule has 1 unspecified atom stereocenters. The van der Waals surface area contributed by atoms with Crippen molar-refractivity contribution in [2.24, 2.45) is 4.99 Å².